The Morgan fingerprint density at radius 2 is 1.52 bits per heavy atom. The molecule has 2 aromatic rings. The molecule has 0 bridgehead atoms. The van der Waals surface area contributed by atoms with Gasteiger partial charge in [-0.25, -0.2) is 4.99 Å². The Kier molecular flexibility index (Phi) is 5.98. The van der Waals surface area contributed by atoms with E-state index in [1.165, 1.54) is 36.8 Å². The van der Waals surface area contributed by atoms with Gasteiger partial charge in [0.15, 0.2) is 5.96 Å². The maximum atomic E-state index is 4.86. The van der Waals surface area contributed by atoms with Gasteiger partial charge in [0, 0.05) is 12.5 Å². The van der Waals surface area contributed by atoms with Crippen molar-refractivity contribution in [1.82, 2.24) is 10.6 Å². The zero-order chi connectivity index (χ0) is 16.2. The zero-order valence-electron chi connectivity index (χ0n) is 14.4. The first-order chi connectivity index (χ1) is 11.9. The summed E-state index contributed by atoms with van der Waals surface area (Å²) in [6.45, 7) is 0.860. The molecule has 0 radical (unpaired) electrons. The molecule has 0 aromatic heterocycles. The van der Waals surface area contributed by atoms with E-state index in [-0.39, 0.29) is 12.4 Å². The smallest absolute Gasteiger partial charge is 0.191 e. The van der Waals surface area contributed by atoms with E-state index in [9.17, 15) is 0 Å². The molecule has 1 aliphatic carbocycles. The van der Waals surface area contributed by atoms with Gasteiger partial charge in [0.25, 0.3) is 0 Å². The van der Waals surface area contributed by atoms with Crippen LogP contribution in [-0.2, 0) is 0 Å². The molecule has 0 amide bonds. The third-order valence-corrected chi connectivity index (χ3v) is 5.22. The molecule has 1 saturated carbocycles. The van der Waals surface area contributed by atoms with E-state index >= 15 is 0 Å². The van der Waals surface area contributed by atoms with Crippen molar-refractivity contribution in [2.75, 3.05) is 6.54 Å². The van der Waals surface area contributed by atoms with Gasteiger partial charge in [-0.15, -0.1) is 12.4 Å². The minimum Gasteiger partial charge on any atom is -0.355 e. The number of benzene rings is 2. The second kappa shape index (κ2) is 8.39. The van der Waals surface area contributed by atoms with Crippen LogP contribution in [0.4, 0.5) is 0 Å². The summed E-state index contributed by atoms with van der Waals surface area (Å²) < 4.78 is 0. The van der Waals surface area contributed by atoms with E-state index in [0.717, 1.165) is 12.5 Å². The molecule has 2 unspecified atom stereocenters. The highest BCUT2D eigenvalue weighted by atomic mass is 35.5. The molecule has 2 aliphatic rings. The number of hydrogen-bond donors (Lipinski definition) is 2. The van der Waals surface area contributed by atoms with E-state index in [1.54, 1.807) is 0 Å². The number of nitrogens with one attached hydrogen (secondary N) is 2. The predicted octanol–water partition coefficient (Wildman–Crippen LogP) is 4.10. The zero-order valence-corrected chi connectivity index (χ0v) is 15.2. The van der Waals surface area contributed by atoms with Gasteiger partial charge in [-0.1, -0.05) is 73.5 Å². The Labute approximate surface area is 156 Å². The van der Waals surface area contributed by atoms with Gasteiger partial charge in [-0.2, -0.15) is 0 Å². The minimum absolute atomic E-state index is 0. The number of rotatable bonds is 4. The van der Waals surface area contributed by atoms with Crippen molar-refractivity contribution in [2.45, 2.75) is 43.7 Å². The Morgan fingerprint density at radius 3 is 2.12 bits per heavy atom. The SMILES string of the molecule is Cl.c1ccc(C(CNC2=NC3CCCCC3N2)c2ccccc2)cc1. The lowest BCUT2D eigenvalue weighted by Gasteiger charge is -2.23. The van der Waals surface area contributed by atoms with Crippen LogP contribution in [0.1, 0.15) is 42.7 Å². The molecule has 1 aliphatic heterocycles. The van der Waals surface area contributed by atoms with Crippen molar-refractivity contribution < 1.29 is 0 Å². The molecule has 2 aromatic carbocycles. The molecule has 2 N–H and O–H groups in total. The molecular weight excluding hydrogens is 330 g/mol. The van der Waals surface area contributed by atoms with Crippen molar-refractivity contribution in [1.29, 1.82) is 0 Å². The number of fused-ring (bicyclic) bond motifs is 1. The molecular formula is C21H26ClN3. The highest BCUT2D eigenvalue weighted by Gasteiger charge is 2.30. The lowest BCUT2D eigenvalue weighted by molar-refractivity contribution is 0.384. The van der Waals surface area contributed by atoms with Crippen LogP contribution in [0.5, 0.6) is 0 Å². The fourth-order valence-corrected chi connectivity index (χ4v) is 3.91. The molecule has 1 heterocycles. The molecule has 3 nitrogen and oxygen atoms in total. The summed E-state index contributed by atoms with van der Waals surface area (Å²) in [6, 6.07) is 22.5. The first-order valence-electron chi connectivity index (χ1n) is 9.08. The van der Waals surface area contributed by atoms with Crippen LogP contribution in [0.25, 0.3) is 0 Å². The molecule has 0 spiro atoms. The van der Waals surface area contributed by atoms with Crippen molar-refractivity contribution in [2.24, 2.45) is 4.99 Å². The maximum Gasteiger partial charge on any atom is 0.191 e. The normalized spacial score (nSPS) is 21.7. The largest absolute Gasteiger partial charge is 0.355 e. The second-order valence-electron chi connectivity index (χ2n) is 6.84. The monoisotopic (exact) mass is 355 g/mol. The van der Waals surface area contributed by atoms with Gasteiger partial charge < -0.3 is 10.6 Å². The number of nitrogens with zero attached hydrogens (tertiary/aromatic N) is 1. The Balaban J connectivity index is 0.00000182. The minimum atomic E-state index is 0. The van der Waals surface area contributed by atoms with Crippen molar-refractivity contribution >= 4 is 18.4 Å². The average molecular weight is 356 g/mol. The lowest BCUT2D eigenvalue weighted by Crippen LogP contribution is -2.42. The Hall–Kier alpha value is -2.00. The van der Waals surface area contributed by atoms with Gasteiger partial charge in [-0.3, -0.25) is 0 Å². The molecule has 1 fully saturated rings. The molecule has 2 atom stereocenters. The van der Waals surface area contributed by atoms with Crippen molar-refractivity contribution in [3.63, 3.8) is 0 Å². The first kappa shape index (κ1) is 17.8. The number of guanidine groups is 1. The fraction of sp³-hybridized carbons (Fsp3) is 0.381. The standard InChI is InChI=1S/C21H25N3.ClH/c1-3-9-16(10-4-1)18(17-11-5-2-6-12-17)15-22-21-23-19-13-7-8-14-20(19)24-21;/h1-6,9-12,18-20H,7-8,13-15H2,(H2,22,23,24);1H. The van der Waals surface area contributed by atoms with Crippen LogP contribution < -0.4 is 10.6 Å². The van der Waals surface area contributed by atoms with Crippen LogP contribution in [0.15, 0.2) is 65.7 Å². The predicted molar refractivity (Wildman–Crippen MR) is 107 cm³/mol. The highest BCUT2D eigenvalue weighted by molar-refractivity contribution is 5.85. The topological polar surface area (TPSA) is 36.4 Å². The molecule has 4 rings (SSSR count). The Bertz CT molecular complexity index is 647. The third-order valence-electron chi connectivity index (χ3n) is 5.22. The van der Waals surface area contributed by atoms with Gasteiger partial charge in [-0.05, 0) is 24.0 Å². The lowest BCUT2D eigenvalue weighted by atomic mass is 9.91. The van der Waals surface area contributed by atoms with Crippen LogP contribution in [-0.4, -0.2) is 24.6 Å². The molecule has 132 valence electrons. The van der Waals surface area contributed by atoms with Crippen molar-refractivity contribution in [3.8, 4) is 0 Å². The highest BCUT2D eigenvalue weighted by Crippen LogP contribution is 2.26. The van der Waals surface area contributed by atoms with Crippen molar-refractivity contribution in [3.05, 3.63) is 71.8 Å². The summed E-state index contributed by atoms with van der Waals surface area (Å²) in [5.41, 5.74) is 2.68. The summed E-state index contributed by atoms with van der Waals surface area (Å²) in [6.07, 6.45) is 5.12. The van der Waals surface area contributed by atoms with Gasteiger partial charge in [0.1, 0.15) is 0 Å². The van der Waals surface area contributed by atoms with E-state index in [0.29, 0.717) is 18.0 Å². The fourth-order valence-electron chi connectivity index (χ4n) is 3.91. The summed E-state index contributed by atoms with van der Waals surface area (Å²) in [5, 5.41) is 7.16. The summed E-state index contributed by atoms with van der Waals surface area (Å²) in [4.78, 5) is 4.86. The van der Waals surface area contributed by atoms with Crippen LogP contribution in [0, 0.1) is 0 Å². The quantitative estimate of drug-likeness (QED) is 0.866. The van der Waals surface area contributed by atoms with Gasteiger partial charge in [0.2, 0.25) is 0 Å². The van der Waals surface area contributed by atoms with Gasteiger partial charge >= 0.3 is 0 Å². The van der Waals surface area contributed by atoms with Crippen LogP contribution in [0.2, 0.25) is 0 Å². The van der Waals surface area contributed by atoms with Crippen LogP contribution >= 0.6 is 12.4 Å². The Morgan fingerprint density at radius 1 is 0.920 bits per heavy atom. The number of hydrogen-bond acceptors (Lipinski definition) is 3. The van der Waals surface area contributed by atoms with E-state index in [1.807, 2.05) is 0 Å². The molecule has 0 saturated heterocycles. The number of halogens is 1. The van der Waals surface area contributed by atoms with E-state index in [2.05, 4.69) is 71.3 Å². The molecule has 4 heteroatoms. The molecule has 25 heavy (non-hydrogen) atoms. The van der Waals surface area contributed by atoms with Gasteiger partial charge in [0.05, 0.1) is 12.1 Å². The van der Waals surface area contributed by atoms with E-state index < -0.39 is 0 Å². The van der Waals surface area contributed by atoms with E-state index in [4.69, 9.17) is 4.99 Å². The maximum absolute atomic E-state index is 4.86. The summed E-state index contributed by atoms with van der Waals surface area (Å²) in [7, 11) is 0. The van der Waals surface area contributed by atoms with Crippen LogP contribution in [0.3, 0.4) is 0 Å². The summed E-state index contributed by atoms with van der Waals surface area (Å²) >= 11 is 0. The average Bonchev–Trinajstić information content (AvgIpc) is 3.07. The number of aliphatic imine (C=N–C) groups is 1. The third kappa shape index (κ3) is 4.16. The summed E-state index contributed by atoms with van der Waals surface area (Å²) in [5.74, 6) is 1.32. The first-order valence-corrected chi connectivity index (χ1v) is 9.08. The second-order valence-corrected chi connectivity index (χ2v) is 6.84.